The van der Waals surface area contributed by atoms with Gasteiger partial charge < -0.3 is 19.7 Å². The van der Waals surface area contributed by atoms with E-state index in [4.69, 9.17) is 9.47 Å². The second-order valence-corrected chi connectivity index (χ2v) is 7.00. The summed E-state index contributed by atoms with van der Waals surface area (Å²) in [5.74, 6) is 1.13. The van der Waals surface area contributed by atoms with E-state index in [-0.39, 0.29) is 11.8 Å². The van der Waals surface area contributed by atoms with Crippen LogP contribution in [0.4, 0.5) is 0 Å². The van der Waals surface area contributed by atoms with Crippen LogP contribution in [0.1, 0.15) is 34.3 Å². The van der Waals surface area contributed by atoms with Gasteiger partial charge in [-0.1, -0.05) is 24.8 Å². The molecule has 1 fully saturated rings. The lowest BCUT2D eigenvalue weighted by Crippen LogP contribution is -2.49. The zero-order valence-electron chi connectivity index (χ0n) is 15.7. The molecule has 1 unspecified atom stereocenters. The van der Waals surface area contributed by atoms with Crippen LogP contribution in [0.25, 0.3) is 0 Å². The maximum Gasteiger partial charge on any atom is 0.255 e. The molecular formula is C22H22N2O4. The first kappa shape index (κ1) is 18.1. The molecule has 1 atom stereocenters. The lowest BCUT2D eigenvalue weighted by molar-refractivity contribution is -0.126. The van der Waals surface area contributed by atoms with E-state index in [0.29, 0.717) is 43.0 Å². The summed E-state index contributed by atoms with van der Waals surface area (Å²) >= 11 is 0. The Labute approximate surface area is 163 Å². The quantitative estimate of drug-likeness (QED) is 0.868. The molecule has 0 bridgehead atoms. The lowest BCUT2D eigenvalue weighted by Gasteiger charge is -2.31. The molecule has 28 heavy (non-hydrogen) atoms. The third kappa shape index (κ3) is 3.33. The van der Waals surface area contributed by atoms with Crippen molar-refractivity contribution in [2.24, 2.45) is 0 Å². The highest BCUT2D eigenvalue weighted by Gasteiger charge is 2.39. The number of piperidine rings is 1. The Morgan fingerprint density at radius 3 is 2.82 bits per heavy atom. The van der Waals surface area contributed by atoms with Gasteiger partial charge in [0, 0.05) is 16.8 Å². The smallest absolute Gasteiger partial charge is 0.255 e. The summed E-state index contributed by atoms with van der Waals surface area (Å²) in [4.78, 5) is 26.8. The molecule has 2 aliphatic rings. The van der Waals surface area contributed by atoms with Crippen molar-refractivity contribution in [2.75, 3.05) is 7.11 Å². The number of amides is 2. The van der Waals surface area contributed by atoms with Gasteiger partial charge in [0.2, 0.25) is 5.91 Å². The first-order chi connectivity index (χ1) is 13.6. The molecule has 2 aromatic rings. The standard InChI is InChI=1S/C22H22N2O4/c1-14-9-10-19(21(25)23-14)24-12-18-17(22(24)26)7-4-8-20(18)28-13-15-5-3-6-16(11-15)27-2/h3-8,11,19H,1,9-10,12-13H2,2H3,(H,23,25). The Hall–Kier alpha value is -3.28. The van der Waals surface area contributed by atoms with E-state index < -0.39 is 6.04 Å². The predicted molar refractivity (Wildman–Crippen MR) is 104 cm³/mol. The van der Waals surface area contributed by atoms with Crippen LogP contribution in [0.15, 0.2) is 54.7 Å². The minimum atomic E-state index is -0.475. The molecule has 1 N–H and O–H groups in total. The number of ether oxygens (including phenoxy) is 2. The van der Waals surface area contributed by atoms with Gasteiger partial charge in [-0.2, -0.15) is 0 Å². The number of carbonyl (C=O) groups excluding carboxylic acids is 2. The Balaban J connectivity index is 1.52. The molecule has 0 spiro atoms. The summed E-state index contributed by atoms with van der Waals surface area (Å²) in [6, 6.07) is 12.6. The fourth-order valence-corrected chi connectivity index (χ4v) is 3.70. The van der Waals surface area contributed by atoms with Crippen molar-refractivity contribution in [3.63, 3.8) is 0 Å². The molecule has 1 saturated heterocycles. The summed E-state index contributed by atoms with van der Waals surface area (Å²) in [6.07, 6.45) is 1.26. The highest BCUT2D eigenvalue weighted by atomic mass is 16.5. The number of methoxy groups -OCH3 is 1. The van der Waals surface area contributed by atoms with Gasteiger partial charge in [0.05, 0.1) is 13.7 Å². The number of rotatable bonds is 5. The molecule has 2 heterocycles. The highest BCUT2D eigenvalue weighted by Crippen LogP contribution is 2.34. The number of hydrogen-bond acceptors (Lipinski definition) is 4. The van der Waals surface area contributed by atoms with E-state index in [1.807, 2.05) is 36.4 Å². The van der Waals surface area contributed by atoms with Crippen molar-refractivity contribution in [2.45, 2.75) is 32.0 Å². The summed E-state index contributed by atoms with van der Waals surface area (Å²) in [6.45, 7) is 4.53. The number of nitrogens with zero attached hydrogens (tertiary/aromatic N) is 1. The molecule has 6 heteroatoms. The number of nitrogens with one attached hydrogen (secondary N) is 1. The largest absolute Gasteiger partial charge is 0.497 e. The maximum absolute atomic E-state index is 12.9. The molecule has 0 saturated carbocycles. The molecule has 2 aliphatic heterocycles. The van der Waals surface area contributed by atoms with Crippen LogP contribution in [0.3, 0.4) is 0 Å². The zero-order chi connectivity index (χ0) is 19.7. The monoisotopic (exact) mass is 378 g/mol. The fraction of sp³-hybridized carbons (Fsp3) is 0.273. The van der Waals surface area contributed by atoms with Crippen LogP contribution < -0.4 is 14.8 Å². The second-order valence-electron chi connectivity index (χ2n) is 7.00. The molecule has 0 aromatic heterocycles. The minimum Gasteiger partial charge on any atom is -0.497 e. The molecule has 2 aromatic carbocycles. The molecule has 4 rings (SSSR count). The van der Waals surface area contributed by atoms with E-state index in [1.165, 1.54) is 0 Å². The van der Waals surface area contributed by atoms with Crippen LogP contribution in [0.2, 0.25) is 0 Å². The summed E-state index contributed by atoms with van der Waals surface area (Å²) in [5.41, 5.74) is 3.10. The molecule has 0 radical (unpaired) electrons. The van der Waals surface area contributed by atoms with E-state index in [0.717, 1.165) is 16.9 Å². The second kappa shape index (κ2) is 7.38. The van der Waals surface area contributed by atoms with Crippen LogP contribution in [-0.4, -0.2) is 29.9 Å². The molecular weight excluding hydrogens is 356 g/mol. The third-order valence-corrected chi connectivity index (χ3v) is 5.18. The summed E-state index contributed by atoms with van der Waals surface area (Å²) in [7, 11) is 1.63. The lowest BCUT2D eigenvalue weighted by atomic mass is 10.0. The highest BCUT2D eigenvalue weighted by molar-refractivity contribution is 6.02. The number of carbonyl (C=O) groups is 2. The van der Waals surface area contributed by atoms with Crippen LogP contribution in [0.5, 0.6) is 11.5 Å². The van der Waals surface area contributed by atoms with Crippen molar-refractivity contribution in [1.29, 1.82) is 0 Å². The van der Waals surface area contributed by atoms with E-state index in [1.54, 1.807) is 18.1 Å². The van der Waals surface area contributed by atoms with Gasteiger partial charge >= 0.3 is 0 Å². The number of fused-ring (bicyclic) bond motifs is 1. The Morgan fingerprint density at radius 1 is 1.21 bits per heavy atom. The van der Waals surface area contributed by atoms with Crippen LogP contribution >= 0.6 is 0 Å². The van der Waals surface area contributed by atoms with E-state index in [2.05, 4.69) is 11.9 Å². The zero-order valence-corrected chi connectivity index (χ0v) is 15.7. The average molecular weight is 378 g/mol. The minimum absolute atomic E-state index is 0.130. The molecule has 6 nitrogen and oxygen atoms in total. The van der Waals surface area contributed by atoms with Crippen molar-refractivity contribution >= 4 is 11.8 Å². The molecule has 2 amide bonds. The average Bonchev–Trinajstić information content (AvgIpc) is 3.04. The first-order valence-electron chi connectivity index (χ1n) is 9.24. The Kier molecular flexibility index (Phi) is 4.77. The van der Waals surface area contributed by atoms with E-state index in [9.17, 15) is 9.59 Å². The van der Waals surface area contributed by atoms with Crippen molar-refractivity contribution < 1.29 is 19.1 Å². The van der Waals surface area contributed by atoms with Gasteiger partial charge in [-0.3, -0.25) is 9.59 Å². The first-order valence-corrected chi connectivity index (χ1v) is 9.24. The molecule has 144 valence electrons. The van der Waals surface area contributed by atoms with Crippen molar-refractivity contribution in [3.8, 4) is 11.5 Å². The van der Waals surface area contributed by atoms with Gasteiger partial charge in [0.1, 0.15) is 24.1 Å². The third-order valence-electron chi connectivity index (χ3n) is 5.18. The van der Waals surface area contributed by atoms with Gasteiger partial charge in [-0.15, -0.1) is 0 Å². The van der Waals surface area contributed by atoms with Gasteiger partial charge in [-0.25, -0.2) is 0 Å². The predicted octanol–water partition coefficient (Wildman–Crippen LogP) is 3.02. The van der Waals surface area contributed by atoms with Gasteiger partial charge in [0.15, 0.2) is 0 Å². The van der Waals surface area contributed by atoms with Crippen LogP contribution in [0, 0.1) is 0 Å². The number of hydrogen-bond donors (Lipinski definition) is 1. The van der Waals surface area contributed by atoms with Gasteiger partial charge in [0.25, 0.3) is 5.91 Å². The normalized spacial score (nSPS) is 18.7. The summed E-state index contributed by atoms with van der Waals surface area (Å²) in [5, 5.41) is 2.76. The Morgan fingerprint density at radius 2 is 2.04 bits per heavy atom. The number of benzene rings is 2. The number of allylic oxidation sites excluding steroid dienone is 1. The fourth-order valence-electron chi connectivity index (χ4n) is 3.70. The van der Waals surface area contributed by atoms with Crippen LogP contribution in [-0.2, 0) is 17.9 Å². The Bertz CT molecular complexity index is 953. The SMILES string of the molecule is C=C1CCC(N2Cc3c(OCc4cccc(OC)c4)cccc3C2=O)C(=O)N1. The van der Waals surface area contributed by atoms with Gasteiger partial charge in [-0.05, 0) is 42.7 Å². The summed E-state index contributed by atoms with van der Waals surface area (Å²) < 4.78 is 11.3. The maximum atomic E-state index is 12.9. The molecule has 0 aliphatic carbocycles. The van der Waals surface area contributed by atoms with Crippen molar-refractivity contribution in [3.05, 3.63) is 71.4 Å². The van der Waals surface area contributed by atoms with E-state index >= 15 is 0 Å². The topological polar surface area (TPSA) is 67.9 Å². The van der Waals surface area contributed by atoms with Crippen molar-refractivity contribution in [1.82, 2.24) is 10.2 Å².